The lowest BCUT2D eigenvalue weighted by atomic mass is 10.0. The molecular weight excluding hydrogens is 528 g/mol. The van der Waals surface area contributed by atoms with Crippen LogP contribution in [0.4, 0.5) is 0 Å². The van der Waals surface area contributed by atoms with Crippen LogP contribution in [0.3, 0.4) is 0 Å². The zero-order valence-corrected chi connectivity index (χ0v) is 22.7. The number of para-hydroxylation sites is 1. The number of allylic oxidation sites excluding steroid dienone is 2. The summed E-state index contributed by atoms with van der Waals surface area (Å²) in [6.07, 6.45) is 8.81. The molecule has 12 heteroatoms. The summed E-state index contributed by atoms with van der Waals surface area (Å²) in [5, 5.41) is 0. The Balaban J connectivity index is 1.07. The molecule has 4 heterocycles. The van der Waals surface area contributed by atoms with Crippen LogP contribution in [0, 0.1) is 0 Å². The van der Waals surface area contributed by atoms with Crippen molar-refractivity contribution in [3.8, 4) is 5.69 Å². The van der Waals surface area contributed by atoms with Crippen molar-refractivity contribution in [2.45, 2.75) is 32.4 Å². The van der Waals surface area contributed by atoms with Gasteiger partial charge in [-0.3, -0.25) is 14.2 Å². The van der Waals surface area contributed by atoms with Crippen LogP contribution in [0.15, 0.2) is 54.6 Å². The number of carbonyl (C=O) groups is 4. The minimum absolute atomic E-state index is 0.00332. The van der Waals surface area contributed by atoms with Crippen LogP contribution in [-0.4, -0.2) is 80.0 Å². The van der Waals surface area contributed by atoms with E-state index in [2.05, 4.69) is 9.97 Å². The highest BCUT2D eigenvalue weighted by atomic mass is 16.5. The van der Waals surface area contributed by atoms with Crippen molar-refractivity contribution in [2.75, 3.05) is 27.3 Å². The fourth-order valence-electron chi connectivity index (χ4n) is 5.29. The lowest BCUT2D eigenvalue weighted by Crippen LogP contribution is -2.27. The maximum atomic E-state index is 12.9. The number of carbonyl (C=O) groups excluding carboxylic acids is 4. The van der Waals surface area contributed by atoms with Gasteiger partial charge >= 0.3 is 11.9 Å². The summed E-state index contributed by atoms with van der Waals surface area (Å²) in [7, 11) is 3.36. The number of esters is 2. The van der Waals surface area contributed by atoms with Crippen LogP contribution in [-0.2, 0) is 27.4 Å². The van der Waals surface area contributed by atoms with E-state index < -0.39 is 11.9 Å². The first-order valence-corrected chi connectivity index (χ1v) is 13.3. The summed E-state index contributed by atoms with van der Waals surface area (Å²) in [5.74, 6) is -1.48. The Morgan fingerprint density at radius 1 is 0.805 bits per heavy atom. The first kappa shape index (κ1) is 26.2. The molecule has 0 N–H and O–H groups in total. The molecule has 1 aliphatic carbocycles. The molecule has 2 amide bonds. The van der Waals surface area contributed by atoms with Gasteiger partial charge < -0.3 is 23.8 Å². The number of imidazole rings is 2. The van der Waals surface area contributed by atoms with E-state index in [9.17, 15) is 19.2 Å². The molecule has 2 aliphatic heterocycles. The number of nitrogens with zero attached hydrogens (tertiary/aromatic N) is 6. The minimum atomic E-state index is -0.623. The molecule has 41 heavy (non-hydrogen) atoms. The predicted molar refractivity (Wildman–Crippen MR) is 145 cm³/mol. The highest BCUT2D eigenvalue weighted by Gasteiger charge is 2.32. The second-order valence-electron chi connectivity index (χ2n) is 10.1. The van der Waals surface area contributed by atoms with Gasteiger partial charge in [0.25, 0.3) is 11.8 Å². The van der Waals surface area contributed by atoms with Crippen LogP contribution in [0.2, 0.25) is 0 Å². The number of fused-ring (bicyclic) bond motifs is 6. The molecule has 2 aromatic heterocycles. The van der Waals surface area contributed by atoms with Gasteiger partial charge in [0, 0.05) is 20.5 Å². The number of rotatable bonds is 6. The quantitative estimate of drug-likeness (QED) is 0.335. The first-order valence-electron chi connectivity index (χ1n) is 13.3. The molecule has 3 aliphatic rings. The van der Waals surface area contributed by atoms with Crippen LogP contribution < -0.4 is 0 Å². The van der Waals surface area contributed by atoms with Crippen LogP contribution in [0.1, 0.15) is 62.0 Å². The summed E-state index contributed by atoms with van der Waals surface area (Å²) in [6.45, 7) is 0.422. The molecule has 0 atom stereocenters. The van der Waals surface area contributed by atoms with Crippen LogP contribution in [0.5, 0.6) is 0 Å². The van der Waals surface area contributed by atoms with E-state index in [1.165, 1.54) is 11.2 Å². The highest BCUT2D eigenvalue weighted by Crippen LogP contribution is 2.31. The Hall–Kier alpha value is -5.00. The van der Waals surface area contributed by atoms with Gasteiger partial charge in [-0.25, -0.2) is 19.6 Å². The molecule has 0 unspecified atom stereocenters. The number of aromatic nitrogens is 4. The van der Waals surface area contributed by atoms with Gasteiger partial charge in [-0.1, -0.05) is 24.3 Å². The maximum Gasteiger partial charge on any atom is 0.358 e. The van der Waals surface area contributed by atoms with Gasteiger partial charge in [0.2, 0.25) is 0 Å². The van der Waals surface area contributed by atoms with Gasteiger partial charge in [0.15, 0.2) is 11.4 Å². The third-order valence-corrected chi connectivity index (χ3v) is 7.35. The molecule has 3 aromatic rings. The third kappa shape index (κ3) is 4.60. The second kappa shape index (κ2) is 10.5. The Morgan fingerprint density at radius 2 is 1.39 bits per heavy atom. The fraction of sp³-hybridized carbons (Fsp3) is 0.310. The molecule has 210 valence electrons. The summed E-state index contributed by atoms with van der Waals surface area (Å²) in [5.41, 5.74) is 3.92. The molecule has 0 bridgehead atoms. The third-order valence-electron chi connectivity index (χ3n) is 7.35. The summed E-state index contributed by atoms with van der Waals surface area (Å²) < 4.78 is 14.4. The number of hydrogen-bond donors (Lipinski definition) is 0. The molecule has 12 nitrogen and oxygen atoms in total. The number of ether oxygens (including phenoxy) is 2. The zero-order valence-electron chi connectivity index (χ0n) is 22.7. The molecule has 1 aromatic carbocycles. The Bertz CT molecular complexity index is 1650. The van der Waals surface area contributed by atoms with Gasteiger partial charge in [-0.15, -0.1) is 0 Å². The Morgan fingerprint density at radius 3 is 2.10 bits per heavy atom. The van der Waals surface area contributed by atoms with Crippen molar-refractivity contribution in [1.29, 1.82) is 0 Å². The lowest BCUT2D eigenvalue weighted by molar-refractivity contribution is -0.125. The summed E-state index contributed by atoms with van der Waals surface area (Å²) in [6, 6.07) is 7.15. The summed E-state index contributed by atoms with van der Waals surface area (Å²) >= 11 is 0. The normalized spacial score (nSPS) is 16.0. The molecule has 0 radical (unpaired) electrons. The number of likely N-dealkylation sites (N-methyl/N-ethyl adjacent to an activating group) is 1. The Labute approximate surface area is 235 Å². The minimum Gasteiger partial charge on any atom is -0.461 e. The van der Waals surface area contributed by atoms with Crippen molar-refractivity contribution in [1.82, 2.24) is 28.9 Å². The van der Waals surface area contributed by atoms with Crippen LogP contribution in [0.25, 0.3) is 11.4 Å². The molecule has 0 saturated heterocycles. The van der Waals surface area contributed by atoms with Crippen molar-refractivity contribution >= 4 is 29.5 Å². The average Bonchev–Trinajstić information content (AvgIpc) is 3.55. The first-order chi connectivity index (χ1) is 19.8. The van der Waals surface area contributed by atoms with E-state index in [1.54, 1.807) is 52.7 Å². The van der Waals surface area contributed by atoms with E-state index in [-0.39, 0.29) is 55.9 Å². The molecule has 0 saturated carbocycles. The monoisotopic (exact) mass is 556 g/mol. The molecule has 6 rings (SSSR count). The SMILES string of the molecule is CN1Cc2c(C(=O)OCCCOC(=O)c3ncn4c3CN(C)C(=O)c3ccccc3-4)ncn2C2=CCCC=C2C1=O. The zero-order chi connectivity index (χ0) is 28.7. The van der Waals surface area contributed by atoms with Gasteiger partial charge in [0.1, 0.15) is 12.7 Å². The van der Waals surface area contributed by atoms with E-state index in [0.717, 1.165) is 18.5 Å². The highest BCUT2D eigenvalue weighted by molar-refractivity contribution is 6.07. The number of amides is 2. The lowest BCUT2D eigenvalue weighted by Gasteiger charge is -2.16. The smallest absolute Gasteiger partial charge is 0.358 e. The number of hydrogen-bond acceptors (Lipinski definition) is 8. The van der Waals surface area contributed by atoms with Crippen molar-refractivity contribution < 1.29 is 28.7 Å². The van der Waals surface area contributed by atoms with E-state index in [4.69, 9.17) is 9.47 Å². The molecule has 0 fully saturated rings. The van der Waals surface area contributed by atoms with Crippen molar-refractivity contribution in [3.63, 3.8) is 0 Å². The molecular formula is C29H28N6O6. The van der Waals surface area contributed by atoms with E-state index in [1.807, 2.05) is 18.2 Å². The van der Waals surface area contributed by atoms with E-state index >= 15 is 0 Å². The van der Waals surface area contributed by atoms with Crippen molar-refractivity contribution in [3.05, 3.63) is 83.0 Å². The van der Waals surface area contributed by atoms with Gasteiger partial charge in [-0.2, -0.15) is 0 Å². The second-order valence-corrected chi connectivity index (χ2v) is 10.1. The topological polar surface area (TPSA) is 129 Å². The fourth-order valence-corrected chi connectivity index (χ4v) is 5.29. The van der Waals surface area contributed by atoms with Gasteiger partial charge in [0.05, 0.1) is 60.2 Å². The largest absolute Gasteiger partial charge is 0.461 e. The maximum absolute atomic E-state index is 12.9. The standard InChI is InChI=1S/C29H28N6O6/c1-32-14-22-24(30-16-34(22)20-10-5-3-8-18(20)26(32)36)28(38)40-12-7-13-41-29(39)25-23-15-33(2)27(37)19-9-4-6-11-21(19)35(23)17-31-25/h3,5,8-11,16-17H,4,6-7,12-15H2,1-2H3. The van der Waals surface area contributed by atoms with Crippen LogP contribution >= 0.6 is 0 Å². The molecule has 0 spiro atoms. The predicted octanol–water partition coefficient (Wildman–Crippen LogP) is 2.59. The number of benzene rings is 1. The van der Waals surface area contributed by atoms with Crippen molar-refractivity contribution in [2.24, 2.45) is 0 Å². The van der Waals surface area contributed by atoms with E-state index in [0.29, 0.717) is 28.2 Å². The summed E-state index contributed by atoms with van der Waals surface area (Å²) in [4.78, 5) is 63.0. The van der Waals surface area contributed by atoms with Gasteiger partial charge in [-0.05, 0) is 25.0 Å². The Kier molecular flexibility index (Phi) is 6.73. The average molecular weight is 557 g/mol.